The Morgan fingerprint density at radius 3 is 2.35 bits per heavy atom. The van der Waals surface area contributed by atoms with Gasteiger partial charge in [-0.05, 0) is 54.6 Å². The van der Waals surface area contributed by atoms with E-state index in [-0.39, 0.29) is 18.3 Å². The van der Waals surface area contributed by atoms with E-state index in [1.807, 2.05) is 24.3 Å². The topological polar surface area (TPSA) is 32.3 Å². The summed E-state index contributed by atoms with van der Waals surface area (Å²) in [4.78, 5) is 15.1. The Kier molecular flexibility index (Phi) is 4.88. The number of hydrogen-bond acceptors (Lipinski definition) is 2. The third kappa shape index (κ3) is 3.08. The van der Waals surface area contributed by atoms with Crippen molar-refractivity contribution in [3.63, 3.8) is 0 Å². The number of amides is 1. The van der Waals surface area contributed by atoms with Crippen molar-refractivity contribution in [3.8, 4) is 0 Å². The Hall–Kier alpha value is -1.58. The lowest BCUT2D eigenvalue weighted by Crippen LogP contribution is -2.32. The van der Waals surface area contributed by atoms with Gasteiger partial charge in [-0.2, -0.15) is 0 Å². The van der Waals surface area contributed by atoms with Gasteiger partial charge in [0.1, 0.15) is 0 Å². The Morgan fingerprint density at radius 1 is 0.957 bits per heavy atom. The number of hydrogen-bond donors (Lipinski definition) is 1. The van der Waals surface area contributed by atoms with Crippen molar-refractivity contribution >= 4 is 29.1 Å². The summed E-state index contributed by atoms with van der Waals surface area (Å²) in [6.45, 7) is 4.04. The number of benzene rings is 2. The fourth-order valence-corrected chi connectivity index (χ4v) is 4.00. The van der Waals surface area contributed by atoms with Crippen molar-refractivity contribution in [1.29, 1.82) is 0 Å². The lowest BCUT2D eigenvalue weighted by molar-refractivity contribution is 0.0760. The van der Waals surface area contributed by atoms with Gasteiger partial charge in [-0.1, -0.05) is 36.4 Å². The van der Waals surface area contributed by atoms with Crippen LogP contribution in [-0.2, 0) is 0 Å². The van der Waals surface area contributed by atoms with Crippen molar-refractivity contribution in [3.05, 3.63) is 48.0 Å². The predicted molar refractivity (Wildman–Crippen MR) is 96.2 cm³/mol. The molecular formula is C19H23ClN2O. The van der Waals surface area contributed by atoms with Gasteiger partial charge in [-0.15, -0.1) is 12.4 Å². The lowest BCUT2D eigenvalue weighted by Gasteiger charge is -2.21. The minimum absolute atomic E-state index is 0. The van der Waals surface area contributed by atoms with Gasteiger partial charge in [0.15, 0.2) is 0 Å². The van der Waals surface area contributed by atoms with Gasteiger partial charge in [0.05, 0.1) is 0 Å². The summed E-state index contributed by atoms with van der Waals surface area (Å²) in [6, 6.07) is 14.2. The highest BCUT2D eigenvalue weighted by Gasteiger charge is 2.31. The highest BCUT2D eigenvalue weighted by Crippen LogP contribution is 2.28. The number of nitrogens with zero attached hydrogens (tertiary/aromatic N) is 1. The minimum atomic E-state index is 0. The van der Waals surface area contributed by atoms with E-state index in [0.717, 1.165) is 67.2 Å². The molecule has 0 saturated carbocycles. The van der Waals surface area contributed by atoms with Gasteiger partial charge in [0.2, 0.25) is 0 Å². The summed E-state index contributed by atoms with van der Waals surface area (Å²) in [5.74, 6) is 1.71. The number of rotatable bonds is 1. The first-order valence-electron chi connectivity index (χ1n) is 8.30. The minimum Gasteiger partial charge on any atom is -0.339 e. The van der Waals surface area contributed by atoms with Crippen LogP contribution in [0, 0.1) is 11.8 Å². The van der Waals surface area contributed by atoms with Crippen molar-refractivity contribution in [1.82, 2.24) is 10.2 Å². The first-order chi connectivity index (χ1) is 10.8. The number of fused-ring (bicyclic) bond motifs is 2. The summed E-state index contributed by atoms with van der Waals surface area (Å²) in [5, 5.41) is 5.70. The molecule has 2 aliphatic heterocycles. The van der Waals surface area contributed by atoms with Crippen LogP contribution in [0.25, 0.3) is 10.8 Å². The third-order valence-corrected chi connectivity index (χ3v) is 5.33. The van der Waals surface area contributed by atoms with Crippen molar-refractivity contribution in [2.75, 3.05) is 26.2 Å². The van der Waals surface area contributed by atoms with E-state index in [0.29, 0.717) is 0 Å². The molecule has 4 heteroatoms. The van der Waals surface area contributed by atoms with Crippen LogP contribution >= 0.6 is 12.4 Å². The molecule has 2 saturated heterocycles. The Labute approximate surface area is 143 Å². The Morgan fingerprint density at radius 2 is 1.61 bits per heavy atom. The standard InChI is InChI=1S/C19H22N2O.ClH/c22-19(18-7-3-5-14-4-1-2-6-17(14)18)21-10-8-15-12-20-13-16(15)9-11-21;/h1-7,15-16,20H,8-13H2;1H/t15-,16+;. The van der Waals surface area contributed by atoms with Gasteiger partial charge in [-0.25, -0.2) is 0 Å². The summed E-state index contributed by atoms with van der Waals surface area (Å²) in [6.07, 6.45) is 2.27. The van der Waals surface area contributed by atoms with Crippen LogP contribution in [0.15, 0.2) is 42.5 Å². The van der Waals surface area contributed by atoms with Gasteiger partial charge in [0, 0.05) is 18.7 Å². The maximum atomic E-state index is 13.0. The molecule has 122 valence electrons. The van der Waals surface area contributed by atoms with E-state index >= 15 is 0 Å². The molecule has 0 unspecified atom stereocenters. The summed E-state index contributed by atoms with van der Waals surface area (Å²) < 4.78 is 0. The number of carbonyl (C=O) groups is 1. The SMILES string of the molecule is Cl.O=C(c1cccc2ccccc12)N1CC[C@@H]2CNC[C@@H]2CC1. The summed E-state index contributed by atoms with van der Waals surface area (Å²) in [7, 11) is 0. The molecule has 4 rings (SSSR count). The molecule has 2 atom stereocenters. The zero-order valence-electron chi connectivity index (χ0n) is 13.2. The van der Waals surface area contributed by atoms with E-state index < -0.39 is 0 Å². The molecule has 1 N–H and O–H groups in total. The fraction of sp³-hybridized carbons (Fsp3) is 0.421. The maximum Gasteiger partial charge on any atom is 0.254 e. The van der Waals surface area contributed by atoms with E-state index in [1.54, 1.807) is 0 Å². The van der Waals surface area contributed by atoms with Crippen LogP contribution in [0.5, 0.6) is 0 Å². The zero-order valence-corrected chi connectivity index (χ0v) is 14.0. The molecule has 3 nitrogen and oxygen atoms in total. The first-order valence-corrected chi connectivity index (χ1v) is 8.30. The highest BCUT2D eigenvalue weighted by molar-refractivity contribution is 6.07. The Bertz CT molecular complexity index is 683. The quantitative estimate of drug-likeness (QED) is 0.869. The van der Waals surface area contributed by atoms with Crippen LogP contribution in [0.4, 0.5) is 0 Å². The second-order valence-electron chi connectivity index (χ2n) is 6.57. The predicted octanol–water partition coefficient (Wildman–Crippen LogP) is 3.33. The molecule has 2 aromatic carbocycles. The van der Waals surface area contributed by atoms with Gasteiger partial charge < -0.3 is 10.2 Å². The molecule has 2 fully saturated rings. The van der Waals surface area contributed by atoms with E-state index in [4.69, 9.17) is 0 Å². The molecule has 0 spiro atoms. The van der Waals surface area contributed by atoms with Gasteiger partial charge in [0.25, 0.3) is 5.91 Å². The van der Waals surface area contributed by atoms with E-state index in [2.05, 4.69) is 28.4 Å². The molecule has 1 amide bonds. The third-order valence-electron chi connectivity index (χ3n) is 5.33. The average molecular weight is 331 g/mol. The zero-order chi connectivity index (χ0) is 14.9. The van der Waals surface area contributed by atoms with Gasteiger partial charge in [-0.3, -0.25) is 4.79 Å². The number of carbonyl (C=O) groups excluding carboxylic acids is 1. The largest absolute Gasteiger partial charge is 0.339 e. The second-order valence-corrected chi connectivity index (χ2v) is 6.57. The fourth-order valence-electron chi connectivity index (χ4n) is 4.00. The molecule has 0 aliphatic carbocycles. The van der Waals surface area contributed by atoms with E-state index in [1.165, 1.54) is 0 Å². The van der Waals surface area contributed by atoms with Crippen molar-refractivity contribution in [2.45, 2.75) is 12.8 Å². The van der Waals surface area contributed by atoms with Gasteiger partial charge >= 0.3 is 0 Å². The average Bonchev–Trinajstić information content (AvgIpc) is 2.92. The van der Waals surface area contributed by atoms with E-state index in [9.17, 15) is 4.79 Å². The summed E-state index contributed by atoms with van der Waals surface area (Å²) in [5.41, 5.74) is 0.850. The molecule has 0 aromatic heterocycles. The molecular weight excluding hydrogens is 308 g/mol. The first kappa shape index (κ1) is 16.3. The monoisotopic (exact) mass is 330 g/mol. The van der Waals surface area contributed by atoms with Crippen LogP contribution in [0.3, 0.4) is 0 Å². The molecule has 2 aliphatic rings. The normalized spacial score (nSPS) is 23.9. The molecule has 2 aromatic rings. The Balaban J connectivity index is 0.00000156. The second kappa shape index (κ2) is 6.90. The van der Waals surface area contributed by atoms with Crippen LogP contribution in [0.2, 0.25) is 0 Å². The molecule has 0 radical (unpaired) electrons. The molecule has 2 heterocycles. The van der Waals surface area contributed by atoms with Crippen LogP contribution in [-0.4, -0.2) is 37.0 Å². The highest BCUT2D eigenvalue weighted by atomic mass is 35.5. The van der Waals surface area contributed by atoms with Crippen molar-refractivity contribution < 1.29 is 4.79 Å². The smallest absolute Gasteiger partial charge is 0.254 e. The lowest BCUT2D eigenvalue weighted by atomic mass is 9.92. The number of halogens is 1. The van der Waals surface area contributed by atoms with Crippen LogP contribution in [0.1, 0.15) is 23.2 Å². The summed E-state index contributed by atoms with van der Waals surface area (Å²) >= 11 is 0. The molecule has 0 bridgehead atoms. The van der Waals surface area contributed by atoms with Crippen molar-refractivity contribution in [2.24, 2.45) is 11.8 Å². The number of nitrogens with one attached hydrogen (secondary N) is 1. The number of likely N-dealkylation sites (tertiary alicyclic amines) is 1. The van der Waals surface area contributed by atoms with Crippen LogP contribution < -0.4 is 5.32 Å². The molecule has 23 heavy (non-hydrogen) atoms. The maximum absolute atomic E-state index is 13.0.